The predicted octanol–water partition coefficient (Wildman–Crippen LogP) is 3.49. The van der Waals surface area contributed by atoms with Crippen LogP contribution in [0.5, 0.6) is 0 Å². The van der Waals surface area contributed by atoms with E-state index in [4.69, 9.17) is 16.3 Å². The molecule has 0 amide bonds. The molecule has 2 nitrogen and oxygen atoms in total. The van der Waals surface area contributed by atoms with Gasteiger partial charge in [-0.15, -0.1) is 0 Å². The van der Waals surface area contributed by atoms with Crippen LogP contribution in [0.25, 0.3) is 0 Å². The lowest BCUT2D eigenvalue weighted by molar-refractivity contribution is 0.150. The SMILES string of the molecule is COCCC(C)(C)CNCc1ccccc1Cl. The molecule has 0 fully saturated rings. The lowest BCUT2D eigenvalue weighted by Gasteiger charge is -2.24. The third kappa shape index (κ3) is 5.53. The van der Waals surface area contributed by atoms with Crippen LogP contribution in [-0.4, -0.2) is 20.3 Å². The van der Waals surface area contributed by atoms with E-state index in [1.807, 2.05) is 18.2 Å². The number of halogens is 1. The standard InChI is InChI=1S/C14H22ClNO/c1-14(2,8-9-17-3)11-16-10-12-6-4-5-7-13(12)15/h4-7,16H,8-11H2,1-3H3. The molecular weight excluding hydrogens is 234 g/mol. The van der Waals surface area contributed by atoms with Gasteiger partial charge in [0.05, 0.1) is 0 Å². The molecule has 1 aromatic carbocycles. The zero-order valence-electron chi connectivity index (χ0n) is 10.9. The highest BCUT2D eigenvalue weighted by Crippen LogP contribution is 2.20. The normalized spacial score (nSPS) is 11.8. The Morgan fingerprint density at radius 2 is 2.00 bits per heavy atom. The van der Waals surface area contributed by atoms with E-state index >= 15 is 0 Å². The van der Waals surface area contributed by atoms with Crippen LogP contribution in [0.1, 0.15) is 25.8 Å². The highest BCUT2D eigenvalue weighted by atomic mass is 35.5. The van der Waals surface area contributed by atoms with Crippen molar-refractivity contribution in [2.75, 3.05) is 20.3 Å². The molecule has 1 N–H and O–H groups in total. The van der Waals surface area contributed by atoms with Crippen molar-refractivity contribution in [2.45, 2.75) is 26.8 Å². The van der Waals surface area contributed by atoms with Gasteiger partial charge in [-0.1, -0.05) is 43.6 Å². The third-order valence-corrected chi connectivity index (χ3v) is 3.23. The molecule has 0 aliphatic carbocycles. The molecule has 17 heavy (non-hydrogen) atoms. The lowest BCUT2D eigenvalue weighted by atomic mass is 9.89. The average molecular weight is 256 g/mol. The maximum atomic E-state index is 6.10. The number of nitrogens with one attached hydrogen (secondary N) is 1. The number of rotatable bonds is 7. The van der Waals surface area contributed by atoms with E-state index in [0.717, 1.165) is 36.7 Å². The molecule has 3 heteroatoms. The molecule has 0 bridgehead atoms. The molecular formula is C14H22ClNO. The molecule has 0 atom stereocenters. The molecule has 0 saturated heterocycles. The Morgan fingerprint density at radius 3 is 2.65 bits per heavy atom. The van der Waals surface area contributed by atoms with Crippen LogP contribution in [0.3, 0.4) is 0 Å². The molecule has 0 aliphatic rings. The molecule has 0 aromatic heterocycles. The second-order valence-corrected chi connectivity index (χ2v) is 5.51. The van der Waals surface area contributed by atoms with Gasteiger partial charge in [-0.2, -0.15) is 0 Å². The molecule has 0 saturated carbocycles. The van der Waals surface area contributed by atoms with E-state index in [-0.39, 0.29) is 5.41 Å². The van der Waals surface area contributed by atoms with Crippen molar-refractivity contribution in [3.8, 4) is 0 Å². The molecule has 1 aromatic rings. The third-order valence-electron chi connectivity index (χ3n) is 2.86. The fraction of sp³-hybridized carbons (Fsp3) is 0.571. The first-order chi connectivity index (χ1) is 8.05. The molecule has 0 unspecified atom stereocenters. The van der Waals surface area contributed by atoms with E-state index in [2.05, 4.69) is 25.2 Å². The van der Waals surface area contributed by atoms with E-state index in [9.17, 15) is 0 Å². The predicted molar refractivity (Wildman–Crippen MR) is 73.4 cm³/mol. The summed E-state index contributed by atoms with van der Waals surface area (Å²) in [4.78, 5) is 0. The van der Waals surface area contributed by atoms with Crippen LogP contribution in [0.2, 0.25) is 5.02 Å². The zero-order chi connectivity index (χ0) is 12.7. The number of methoxy groups -OCH3 is 1. The Kier molecular flexibility index (Phi) is 5.96. The summed E-state index contributed by atoms with van der Waals surface area (Å²) in [6.07, 6.45) is 1.05. The van der Waals surface area contributed by atoms with Gasteiger partial charge in [0.15, 0.2) is 0 Å². The molecule has 0 aliphatic heterocycles. The summed E-state index contributed by atoms with van der Waals surface area (Å²) in [5, 5.41) is 4.28. The fourth-order valence-corrected chi connectivity index (χ4v) is 1.85. The first-order valence-electron chi connectivity index (χ1n) is 5.98. The van der Waals surface area contributed by atoms with Gasteiger partial charge in [-0.05, 0) is 23.5 Å². The highest BCUT2D eigenvalue weighted by Gasteiger charge is 2.16. The van der Waals surface area contributed by atoms with Gasteiger partial charge in [0.1, 0.15) is 0 Å². The Balaban J connectivity index is 2.35. The zero-order valence-corrected chi connectivity index (χ0v) is 11.7. The van der Waals surface area contributed by atoms with E-state index < -0.39 is 0 Å². The van der Waals surface area contributed by atoms with Gasteiger partial charge in [-0.3, -0.25) is 0 Å². The Morgan fingerprint density at radius 1 is 1.29 bits per heavy atom. The van der Waals surface area contributed by atoms with Crippen LogP contribution >= 0.6 is 11.6 Å². The van der Waals surface area contributed by atoms with E-state index in [1.54, 1.807) is 7.11 Å². The van der Waals surface area contributed by atoms with Crippen LogP contribution in [0, 0.1) is 5.41 Å². The minimum absolute atomic E-state index is 0.247. The van der Waals surface area contributed by atoms with Crippen molar-refractivity contribution in [3.63, 3.8) is 0 Å². The van der Waals surface area contributed by atoms with Crippen molar-refractivity contribution >= 4 is 11.6 Å². The minimum Gasteiger partial charge on any atom is -0.385 e. The van der Waals surface area contributed by atoms with Gasteiger partial charge in [-0.25, -0.2) is 0 Å². The maximum Gasteiger partial charge on any atom is 0.0467 e. The number of benzene rings is 1. The largest absolute Gasteiger partial charge is 0.385 e. The van der Waals surface area contributed by atoms with Crippen molar-refractivity contribution < 1.29 is 4.74 Å². The van der Waals surface area contributed by atoms with Crippen molar-refractivity contribution in [1.29, 1.82) is 0 Å². The fourth-order valence-electron chi connectivity index (χ4n) is 1.64. The van der Waals surface area contributed by atoms with Crippen LogP contribution in [0.15, 0.2) is 24.3 Å². The quantitative estimate of drug-likeness (QED) is 0.805. The summed E-state index contributed by atoms with van der Waals surface area (Å²) >= 11 is 6.10. The summed E-state index contributed by atoms with van der Waals surface area (Å²) in [6.45, 7) is 7.07. The van der Waals surface area contributed by atoms with Gasteiger partial charge in [0.25, 0.3) is 0 Å². The van der Waals surface area contributed by atoms with Crippen LogP contribution in [0.4, 0.5) is 0 Å². The van der Waals surface area contributed by atoms with E-state index in [0.29, 0.717) is 0 Å². The second-order valence-electron chi connectivity index (χ2n) is 5.10. The monoisotopic (exact) mass is 255 g/mol. The summed E-state index contributed by atoms with van der Waals surface area (Å²) in [5.41, 5.74) is 1.40. The van der Waals surface area contributed by atoms with Gasteiger partial charge >= 0.3 is 0 Å². The topological polar surface area (TPSA) is 21.3 Å². The van der Waals surface area contributed by atoms with E-state index in [1.165, 1.54) is 0 Å². The molecule has 0 spiro atoms. The van der Waals surface area contributed by atoms with Crippen LogP contribution < -0.4 is 5.32 Å². The van der Waals surface area contributed by atoms with Gasteiger partial charge < -0.3 is 10.1 Å². The minimum atomic E-state index is 0.247. The molecule has 1 rings (SSSR count). The Labute approximate surface area is 109 Å². The first-order valence-corrected chi connectivity index (χ1v) is 6.36. The maximum absolute atomic E-state index is 6.10. The first kappa shape index (κ1) is 14.5. The summed E-state index contributed by atoms with van der Waals surface area (Å²) < 4.78 is 5.11. The second kappa shape index (κ2) is 7.00. The summed E-state index contributed by atoms with van der Waals surface area (Å²) in [5.74, 6) is 0. The molecule has 0 radical (unpaired) electrons. The summed E-state index contributed by atoms with van der Waals surface area (Å²) in [6, 6.07) is 7.94. The Hall–Kier alpha value is -0.570. The van der Waals surface area contributed by atoms with Crippen molar-refractivity contribution in [2.24, 2.45) is 5.41 Å². The molecule has 0 heterocycles. The molecule has 96 valence electrons. The smallest absolute Gasteiger partial charge is 0.0467 e. The number of hydrogen-bond donors (Lipinski definition) is 1. The highest BCUT2D eigenvalue weighted by molar-refractivity contribution is 6.31. The number of ether oxygens (including phenoxy) is 1. The average Bonchev–Trinajstić information content (AvgIpc) is 2.29. The Bertz CT molecular complexity index is 339. The summed E-state index contributed by atoms with van der Waals surface area (Å²) in [7, 11) is 1.74. The lowest BCUT2D eigenvalue weighted by Crippen LogP contribution is -2.30. The van der Waals surface area contributed by atoms with Crippen molar-refractivity contribution in [3.05, 3.63) is 34.9 Å². The van der Waals surface area contributed by atoms with Crippen molar-refractivity contribution in [1.82, 2.24) is 5.32 Å². The van der Waals surface area contributed by atoms with Crippen LogP contribution in [-0.2, 0) is 11.3 Å². The van der Waals surface area contributed by atoms with Gasteiger partial charge in [0.2, 0.25) is 0 Å². The number of hydrogen-bond acceptors (Lipinski definition) is 2. The van der Waals surface area contributed by atoms with Gasteiger partial charge in [0, 0.05) is 31.8 Å².